The molecule has 1 aromatic heterocycles. The quantitative estimate of drug-likeness (QED) is 0.629. The van der Waals surface area contributed by atoms with Gasteiger partial charge in [-0.2, -0.15) is 0 Å². The summed E-state index contributed by atoms with van der Waals surface area (Å²) in [5.74, 6) is 1.97. The second-order valence-electron chi connectivity index (χ2n) is 9.54. The molecule has 1 saturated heterocycles. The number of amides is 1. The van der Waals surface area contributed by atoms with Crippen LogP contribution in [0.3, 0.4) is 0 Å². The number of likely N-dealkylation sites (tertiary alicyclic amines) is 1. The molecule has 3 fully saturated rings. The molecule has 1 aromatic rings. The van der Waals surface area contributed by atoms with Crippen molar-refractivity contribution in [3.63, 3.8) is 0 Å². The summed E-state index contributed by atoms with van der Waals surface area (Å²) in [6.07, 6.45) is 16.9. The molecule has 2 aliphatic carbocycles. The Morgan fingerprint density at radius 2 is 1.50 bits per heavy atom. The van der Waals surface area contributed by atoms with E-state index in [0.29, 0.717) is 30.5 Å². The summed E-state index contributed by atoms with van der Waals surface area (Å²) < 4.78 is 2.14. The topological polar surface area (TPSA) is 54.3 Å². The van der Waals surface area contributed by atoms with Gasteiger partial charge in [0.1, 0.15) is 5.82 Å². The van der Waals surface area contributed by atoms with Gasteiger partial charge in [0, 0.05) is 25.0 Å². The molecule has 2 heterocycles. The fourth-order valence-electron chi connectivity index (χ4n) is 5.91. The van der Waals surface area contributed by atoms with Gasteiger partial charge in [-0.25, -0.2) is 0 Å². The summed E-state index contributed by atoms with van der Waals surface area (Å²) in [6, 6.07) is 0.992. The number of carbonyl (C=O) groups is 1. The number of rotatable bonds is 6. The van der Waals surface area contributed by atoms with Crippen LogP contribution in [0, 0.1) is 0 Å². The van der Waals surface area contributed by atoms with E-state index in [9.17, 15) is 4.79 Å². The molecule has 2 saturated carbocycles. The van der Waals surface area contributed by atoms with Gasteiger partial charge in [0.25, 0.3) is 0 Å². The molecule has 0 unspecified atom stereocenters. The second kappa shape index (κ2) is 10.5. The van der Waals surface area contributed by atoms with Crippen LogP contribution in [0.5, 0.6) is 0 Å². The fraction of sp³-hybridized carbons (Fsp3) is 0.870. The molecule has 0 aromatic carbocycles. The van der Waals surface area contributed by atoms with Crippen molar-refractivity contribution in [1.29, 1.82) is 0 Å². The molecule has 0 spiro atoms. The molecule has 7 heteroatoms. The maximum atomic E-state index is 13.5. The number of piperidine rings is 1. The average molecular weight is 434 g/mol. The first kappa shape index (κ1) is 22.1. The largest absolute Gasteiger partial charge is 0.336 e. The zero-order valence-electron chi connectivity index (χ0n) is 18.9. The van der Waals surface area contributed by atoms with Gasteiger partial charge in [0.05, 0.1) is 6.54 Å². The minimum atomic E-state index is 0.399. The number of carbonyl (C=O) groups excluding carboxylic acids is 1. The Kier molecular flexibility index (Phi) is 7.74. The molecule has 6 nitrogen and oxygen atoms in total. The molecule has 0 atom stereocenters. The van der Waals surface area contributed by atoms with Crippen LogP contribution in [0.1, 0.15) is 88.8 Å². The van der Waals surface area contributed by atoms with E-state index in [1.54, 1.807) is 11.8 Å². The van der Waals surface area contributed by atoms with Crippen LogP contribution in [-0.4, -0.2) is 68.4 Å². The van der Waals surface area contributed by atoms with Gasteiger partial charge in [-0.1, -0.05) is 50.3 Å². The Hall–Kier alpha value is -1.08. The maximum Gasteiger partial charge on any atom is 0.237 e. The van der Waals surface area contributed by atoms with Crippen LogP contribution in [-0.2, 0) is 11.8 Å². The van der Waals surface area contributed by atoms with E-state index in [1.165, 1.54) is 64.2 Å². The molecule has 0 N–H and O–H groups in total. The summed E-state index contributed by atoms with van der Waals surface area (Å²) in [5, 5.41) is 9.73. The van der Waals surface area contributed by atoms with Crippen molar-refractivity contribution in [1.82, 2.24) is 24.6 Å². The van der Waals surface area contributed by atoms with E-state index in [-0.39, 0.29) is 0 Å². The van der Waals surface area contributed by atoms with E-state index >= 15 is 0 Å². The lowest BCUT2D eigenvalue weighted by Crippen LogP contribution is -2.52. The highest BCUT2D eigenvalue weighted by Gasteiger charge is 2.34. The normalized spacial score (nSPS) is 23.0. The van der Waals surface area contributed by atoms with Gasteiger partial charge >= 0.3 is 0 Å². The van der Waals surface area contributed by atoms with Gasteiger partial charge in [-0.05, 0) is 57.9 Å². The van der Waals surface area contributed by atoms with E-state index in [2.05, 4.69) is 31.6 Å². The van der Waals surface area contributed by atoms with E-state index in [0.717, 1.165) is 36.9 Å². The third-order valence-electron chi connectivity index (χ3n) is 7.59. The predicted octanol–water partition coefficient (Wildman–Crippen LogP) is 4.21. The Morgan fingerprint density at radius 1 is 0.933 bits per heavy atom. The lowest BCUT2D eigenvalue weighted by molar-refractivity contribution is -0.139. The van der Waals surface area contributed by atoms with Crippen LogP contribution in [0.25, 0.3) is 0 Å². The fourth-order valence-corrected chi connectivity index (χ4v) is 6.40. The third kappa shape index (κ3) is 5.04. The first-order chi connectivity index (χ1) is 14.7. The van der Waals surface area contributed by atoms with Crippen molar-refractivity contribution in [2.45, 2.75) is 100 Å². The van der Waals surface area contributed by atoms with Gasteiger partial charge in [-0.15, -0.1) is 10.2 Å². The third-order valence-corrected chi connectivity index (χ3v) is 8.31. The first-order valence-corrected chi connectivity index (χ1v) is 13.4. The van der Waals surface area contributed by atoms with Crippen LogP contribution in [0.4, 0.5) is 0 Å². The Balaban J connectivity index is 1.35. The van der Waals surface area contributed by atoms with E-state index in [4.69, 9.17) is 0 Å². The maximum absolute atomic E-state index is 13.5. The molecule has 3 aliphatic rings. The highest BCUT2D eigenvalue weighted by Crippen LogP contribution is 2.32. The van der Waals surface area contributed by atoms with Crippen LogP contribution in [0.15, 0.2) is 5.16 Å². The van der Waals surface area contributed by atoms with Crippen molar-refractivity contribution < 1.29 is 4.79 Å². The average Bonchev–Trinajstić information content (AvgIpc) is 3.16. The van der Waals surface area contributed by atoms with Crippen LogP contribution >= 0.6 is 11.8 Å². The number of hydrogen-bond donors (Lipinski definition) is 0. The minimum absolute atomic E-state index is 0.399. The summed E-state index contributed by atoms with van der Waals surface area (Å²) in [7, 11) is 2.07. The smallest absolute Gasteiger partial charge is 0.237 e. The van der Waals surface area contributed by atoms with Crippen molar-refractivity contribution in [3.05, 3.63) is 5.82 Å². The number of hydrogen-bond acceptors (Lipinski definition) is 5. The lowest BCUT2D eigenvalue weighted by atomic mass is 9.88. The molecule has 4 rings (SSSR count). The summed E-state index contributed by atoms with van der Waals surface area (Å²) in [5.41, 5.74) is 0. The van der Waals surface area contributed by atoms with Crippen LogP contribution < -0.4 is 0 Å². The summed E-state index contributed by atoms with van der Waals surface area (Å²) in [6.45, 7) is 2.58. The van der Waals surface area contributed by atoms with Crippen molar-refractivity contribution in [2.75, 3.05) is 25.9 Å². The Bertz CT molecular complexity index is 670. The molecule has 1 amide bonds. The molecule has 1 aliphatic heterocycles. The van der Waals surface area contributed by atoms with Gasteiger partial charge in [0.15, 0.2) is 5.16 Å². The van der Waals surface area contributed by atoms with Crippen molar-refractivity contribution >= 4 is 17.7 Å². The Labute approximate surface area is 186 Å². The number of nitrogens with zero attached hydrogens (tertiary/aromatic N) is 5. The second-order valence-corrected chi connectivity index (χ2v) is 10.3. The highest BCUT2D eigenvalue weighted by molar-refractivity contribution is 7.98. The molecule has 0 radical (unpaired) electrons. The lowest BCUT2D eigenvalue weighted by Gasteiger charge is -2.43. The van der Waals surface area contributed by atoms with Gasteiger partial charge in [-0.3, -0.25) is 9.69 Å². The number of thioether (sulfide) groups is 1. The van der Waals surface area contributed by atoms with Crippen molar-refractivity contribution in [2.24, 2.45) is 7.05 Å². The predicted molar refractivity (Wildman–Crippen MR) is 122 cm³/mol. The summed E-state index contributed by atoms with van der Waals surface area (Å²) in [4.78, 5) is 18.3. The highest BCUT2D eigenvalue weighted by atomic mass is 32.2. The number of aromatic nitrogens is 3. The van der Waals surface area contributed by atoms with E-state index < -0.39 is 0 Å². The molecule has 0 bridgehead atoms. The minimum Gasteiger partial charge on any atom is -0.336 e. The van der Waals surface area contributed by atoms with Gasteiger partial charge < -0.3 is 9.47 Å². The van der Waals surface area contributed by atoms with Crippen molar-refractivity contribution in [3.8, 4) is 0 Å². The van der Waals surface area contributed by atoms with E-state index in [1.807, 2.05) is 6.26 Å². The zero-order valence-corrected chi connectivity index (χ0v) is 19.7. The Morgan fingerprint density at radius 3 is 2.00 bits per heavy atom. The molecular weight excluding hydrogens is 394 g/mol. The van der Waals surface area contributed by atoms with Crippen LogP contribution in [0.2, 0.25) is 0 Å². The van der Waals surface area contributed by atoms with Gasteiger partial charge in [0.2, 0.25) is 5.91 Å². The first-order valence-electron chi connectivity index (χ1n) is 12.1. The summed E-state index contributed by atoms with van der Waals surface area (Å²) >= 11 is 1.65. The zero-order chi connectivity index (χ0) is 20.9. The standard InChI is InChI=1S/C23H39N5OS/c1-26-22(24-25-23(26)30-2)18-13-15-27(16-14-18)17-21(29)28(19-9-5-3-6-10-19)20-11-7-4-8-12-20/h18-20H,3-17H2,1-2H3. The SMILES string of the molecule is CSc1nnc(C2CCN(CC(=O)N(C3CCCCC3)C3CCCCC3)CC2)n1C. The molecular formula is C23H39N5OS. The monoisotopic (exact) mass is 433 g/mol. The molecule has 168 valence electrons. The molecule has 30 heavy (non-hydrogen) atoms.